The van der Waals surface area contributed by atoms with E-state index in [4.69, 9.17) is 0 Å². The lowest BCUT2D eigenvalue weighted by Crippen LogP contribution is -2.35. The normalized spacial score (nSPS) is 10.4. The predicted octanol–water partition coefficient (Wildman–Crippen LogP) is 1.70. The number of alkyl halides is 2. The SMILES string of the molecule is CCN(Cc1ccccn1)C(=O)C(F)F. The van der Waals surface area contributed by atoms with Crippen LogP contribution < -0.4 is 0 Å². The first-order chi connectivity index (χ1) is 7.15. The van der Waals surface area contributed by atoms with Crippen molar-refractivity contribution in [3.8, 4) is 0 Å². The van der Waals surface area contributed by atoms with Gasteiger partial charge in [0.2, 0.25) is 0 Å². The molecule has 0 radical (unpaired) electrons. The van der Waals surface area contributed by atoms with Gasteiger partial charge >= 0.3 is 6.43 Å². The molecule has 0 atom stereocenters. The standard InChI is InChI=1S/C10H12F2N2O/c1-2-14(10(15)9(11)12)7-8-5-3-4-6-13-8/h3-6,9H,2,7H2,1H3. The molecule has 0 spiro atoms. The van der Waals surface area contributed by atoms with Crippen molar-refractivity contribution in [3.05, 3.63) is 30.1 Å². The van der Waals surface area contributed by atoms with Crippen LogP contribution in [0.15, 0.2) is 24.4 Å². The molecule has 15 heavy (non-hydrogen) atoms. The average molecular weight is 214 g/mol. The van der Waals surface area contributed by atoms with Gasteiger partial charge in [0.25, 0.3) is 5.91 Å². The van der Waals surface area contributed by atoms with Crippen LogP contribution in [0.3, 0.4) is 0 Å². The molecular formula is C10H12F2N2O. The van der Waals surface area contributed by atoms with Gasteiger partial charge in [-0.3, -0.25) is 9.78 Å². The zero-order valence-electron chi connectivity index (χ0n) is 8.36. The van der Waals surface area contributed by atoms with Crippen molar-refractivity contribution in [3.63, 3.8) is 0 Å². The van der Waals surface area contributed by atoms with E-state index in [9.17, 15) is 13.6 Å². The Morgan fingerprint density at radius 1 is 1.53 bits per heavy atom. The molecule has 0 aliphatic carbocycles. The molecule has 1 aromatic heterocycles. The summed E-state index contributed by atoms with van der Waals surface area (Å²) in [6, 6.07) is 5.18. The summed E-state index contributed by atoms with van der Waals surface area (Å²) in [5, 5.41) is 0. The molecule has 5 heteroatoms. The number of pyridine rings is 1. The van der Waals surface area contributed by atoms with Gasteiger partial charge in [-0.1, -0.05) is 6.07 Å². The Kier molecular flexibility index (Phi) is 4.15. The van der Waals surface area contributed by atoms with E-state index in [1.54, 1.807) is 31.3 Å². The third-order valence-corrected chi connectivity index (χ3v) is 1.96. The Balaban J connectivity index is 2.66. The van der Waals surface area contributed by atoms with Gasteiger partial charge in [-0.15, -0.1) is 0 Å². The third-order valence-electron chi connectivity index (χ3n) is 1.96. The molecule has 0 unspecified atom stereocenters. The van der Waals surface area contributed by atoms with Gasteiger partial charge < -0.3 is 4.90 Å². The minimum absolute atomic E-state index is 0.126. The number of hydrogen-bond donors (Lipinski definition) is 0. The molecule has 0 aliphatic heterocycles. The number of nitrogens with zero attached hydrogens (tertiary/aromatic N) is 2. The van der Waals surface area contributed by atoms with Crippen LogP contribution in [0.4, 0.5) is 8.78 Å². The van der Waals surface area contributed by atoms with E-state index in [0.717, 1.165) is 4.90 Å². The van der Waals surface area contributed by atoms with E-state index in [2.05, 4.69) is 4.98 Å². The van der Waals surface area contributed by atoms with Crippen LogP contribution in [-0.4, -0.2) is 28.8 Å². The second kappa shape index (κ2) is 5.38. The van der Waals surface area contributed by atoms with Gasteiger partial charge in [0, 0.05) is 12.7 Å². The van der Waals surface area contributed by atoms with Crippen molar-refractivity contribution < 1.29 is 13.6 Å². The fraction of sp³-hybridized carbons (Fsp3) is 0.400. The van der Waals surface area contributed by atoms with E-state index in [1.165, 1.54) is 0 Å². The number of amides is 1. The molecule has 0 N–H and O–H groups in total. The highest BCUT2D eigenvalue weighted by Crippen LogP contribution is 2.05. The van der Waals surface area contributed by atoms with Crippen molar-refractivity contribution in [2.75, 3.05) is 6.54 Å². The Hall–Kier alpha value is -1.52. The maximum atomic E-state index is 12.2. The third kappa shape index (κ3) is 3.27. The van der Waals surface area contributed by atoms with E-state index in [1.807, 2.05) is 0 Å². The van der Waals surface area contributed by atoms with Crippen molar-refractivity contribution in [1.82, 2.24) is 9.88 Å². The predicted molar refractivity (Wildman–Crippen MR) is 51.3 cm³/mol. The molecule has 1 heterocycles. The fourth-order valence-electron chi connectivity index (χ4n) is 1.17. The van der Waals surface area contributed by atoms with E-state index in [-0.39, 0.29) is 13.1 Å². The summed E-state index contributed by atoms with van der Waals surface area (Å²) in [4.78, 5) is 16.1. The zero-order chi connectivity index (χ0) is 11.3. The number of carbonyl (C=O) groups excluding carboxylic acids is 1. The monoisotopic (exact) mass is 214 g/mol. The molecular weight excluding hydrogens is 202 g/mol. The fourth-order valence-corrected chi connectivity index (χ4v) is 1.17. The minimum atomic E-state index is -2.95. The van der Waals surface area contributed by atoms with Crippen molar-refractivity contribution in [2.45, 2.75) is 19.9 Å². The maximum Gasteiger partial charge on any atom is 0.315 e. The van der Waals surface area contributed by atoms with E-state index in [0.29, 0.717) is 5.69 Å². The Morgan fingerprint density at radius 2 is 2.27 bits per heavy atom. The van der Waals surface area contributed by atoms with Crippen molar-refractivity contribution in [2.24, 2.45) is 0 Å². The lowest BCUT2D eigenvalue weighted by atomic mass is 10.3. The maximum absolute atomic E-state index is 12.2. The first kappa shape index (κ1) is 11.6. The number of rotatable bonds is 4. The second-order valence-corrected chi connectivity index (χ2v) is 2.97. The van der Waals surface area contributed by atoms with Crippen LogP contribution >= 0.6 is 0 Å². The topological polar surface area (TPSA) is 33.2 Å². The lowest BCUT2D eigenvalue weighted by molar-refractivity contribution is -0.143. The van der Waals surface area contributed by atoms with E-state index < -0.39 is 12.3 Å². The van der Waals surface area contributed by atoms with Gasteiger partial charge in [0.15, 0.2) is 0 Å². The highest BCUT2D eigenvalue weighted by Gasteiger charge is 2.22. The van der Waals surface area contributed by atoms with Gasteiger partial charge in [-0.2, -0.15) is 8.78 Å². The minimum Gasteiger partial charge on any atom is -0.332 e. The zero-order valence-corrected chi connectivity index (χ0v) is 8.36. The number of hydrogen-bond acceptors (Lipinski definition) is 2. The molecule has 0 saturated carbocycles. The molecule has 0 saturated heterocycles. The summed E-state index contributed by atoms with van der Waals surface area (Å²) >= 11 is 0. The van der Waals surface area contributed by atoms with Crippen LogP contribution in [0.2, 0.25) is 0 Å². The number of carbonyl (C=O) groups is 1. The highest BCUT2D eigenvalue weighted by molar-refractivity contribution is 5.79. The van der Waals surface area contributed by atoms with Gasteiger partial charge in [-0.25, -0.2) is 0 Å². The van der Waals surface area contributed by atoms with Crippen molar-refractivity contribution in [1.29, 1.82) is 0 Å². The van der Waals surface area contributed by atoms with Crippen LogP contribution in [-0.2, 0) is 11.3 Å². The Bertz CT molecular complexity index is 316. The Morgan fingerprint density at radius 3 is 2.73 bits per heavy atom. The molecule has 3 nitrogen and oxygen atoms in total. The smallest absolute Gasteiger partial charge is 0.315 e. The van der Waals surface area contributed by atoms with Crippen LogP contribution in [0.25, 0.3) is 0 Å². The van der Waals surface area contributed by atoms with Crippen LogP contribution in [0, 0.1) is 0 Å². The second-order valence-electron chi connectivity index (χ2n) is 2.97. The summed E-state index contributed by atoms with van der Waals surface area (Å²) < 4.78 is 24.3. The van der Waals surface area contributed by atoms with Crippen molar-refractivity contribution >= 4 is 5.91 Å². The molecule has 0 bridgehead atoms. The van der Waals surface area contributed by atoms with E-state index >= 15 is 0 Å². The molecule has 82 valence electrons. The Labute approximate surface area is 86.7 Å². The molecule has 0 fully saturated rings. The molecule has 1 amide bonds. The van der Waals surface area contributed by atoms with Crippen LogP contribution in [0.1, 0.15) is 12.6 Å². The summed E-state index contributed by atoms with van der Waals surface area (Å²) in [6.45, 7) is 2.03. The summed E-state index contributed by atoms with van der Waals surface area (Å²) in [5.74, 6) is -1.15. The largest absolute Gasteiger partial charge is 0.332 e. The lowest BCUT2D eigenvalue weighted by Gasteiger charge is -2.19. The van der Waals surface area contributed by atoms with Gasteiger partial charge in [-0.05, 0) is 19.1 Å². The number of halogens is 2. The summed E-state index contributed by atoms with van der Waals surface area (Å²) in [5.41, 5.74) is 0.605. The quantitative estimate of drug-likeness (QED) is 0.764. The van der Waals surface area contributed by atoms with Gasteiger partial charge in [0.05, 0.1) is 12.2 Å². The summed E-state index contributed by atoms with van der Waals surface area (Å²) in [7, 11) is 0. The molecule has 1 aromatic rings. The molecule has 1 rings (SSSR count). The average Bonchev–Trinajstić information content (AvgIpc) is 2.26. The molecule has 0 aliphatic rings. The summed E-state index contributed by atoms with van der Waals surface area (Å²) in [6.07, 6.45) is -1.38. The highest BCUT2D eigenvalue weighted by atomic mass is 19.3. The first-order valence-corrected chi connectivity index (χ1v) is 4.62. The van der Waals surface area contributed by atoms with Crippen LogP contribution in [0.5, 0.6) is 0 Å². The number of aromatic nitrogens is 1. The first-order valence-electron chi connectivity index (χ1n) is 4.62. The molecule has 0 aromatic carbocycles. The van der Waals surface area contributed by atoms with Gasteiger partial charge in [0.1, 0.15) is 0 Å².